The molecular weight excluding hydrogens is 517 g/mol. The normalized spacial score (nSPS) is 15.8. The number of aromatic nitrogens is 1. The molecule has 1 aliphatic heterocycles. The summed E-state index contributed by atoms with van der Waals surface area (Å²) in [7, 11) is 1.82. The van der Waals surface area contributed by atoms with Crippen LogP contribution in [0.15, 0.2) is 29.3 Å². The maximum absolute atomic E-state index is 6.30. The molecule has 2 heterocycles. The van der Waals surface area contributed by atoms with Crippen LogP contribution in [-0.4, -0.2) is 42.5 Å². The van der Waals surface area contributed by atoms with Crippen molar-refractivity contribution in [1.82, 2.24) is 20.5 Å². The van der Waals surface area contributed by atoms with Crippen LogP contribution in [0.5, 0.6) is 0 Å². The molecule has 0 spiro atoms. The molecule has 0 amide bonds. The molecule has 0 unspecified atom stereocenters. The second kappa shape index (κ2) is 12.1. The summed E-state index contributed by atoms with van der Waals surface area (Å²) in [6.07, 6.45) is 2.39. The van der Waals surface area contributed by atoms with Gasteiger partial charge in [-0.15, -0.1) is 35.3 Å². The van der Waals surface area contributed by atoms with Crippen molar-refractivity contribution in [3.63, 3.8) is 0 Å². The van der Waals surface area contributed by atoms with Gasteiger partial charge in [0, 0.05) is 30.0 Å². The third-order valence-corrected chi connectivity index (χ3v) is 6.76. The fourth-order valence-corrected chi connectivity index (χ4v) is 4.52. The van der Waals surface area contributed by atoms with E-state index in [1.54, 1.807) is 11.3 Å². The summed E-state index contributed by atoms with van der Waals surface area (Å²) in [6, 6.07) is 8.14. The molecular formula is C21H31ClIN5S. The zero-order valence-corrected chi connectivity index (χ0v) is 21.3. The van der Waals surface area contributed by atoms with Crippen LogP contribution in [0.2, 0.25) is 5.02 Å². The minimum atomic E-state index is 0. The van der Waals surface area contributed by atoms with Crippen molar-refractivity contribution in [3.8, 4) is 0 Å². The Hall–Kier alpha value is -0.900. The van der Waals surface area contributed by atoms with Crippen LogP contribution in [0.1, 0.15) is 34.0 Å². The van der Waals surface area contributed by atoms with Crippen molar-refractivity contribution >= 4 is 52.9 Å². The van der Waals surface area contributed by atoms with E-state index in [0.29, 0.717) is 5.92 Å². The predicted octanol–water partition coefficient (Wildman–Crippen LogP) is 4.61. The molecule has 160 valence electrons. The van der Waals surface area contributed by atoms with Gasteiger partial charge in [-0.2, -0.15) is 0 Å². The molecule has 8 heteroatoms. The van der Waals surface area contributed by atoms with Crippen molar-refractivity contribution in [3.05, 3.63) is 50.4 Å². The number of halogens is 2. The van der Waals surface area contributed by atoms with Crippen molar-refractivity contribution < 1.29 is 0 Å². The molecule has 0 saturated carbocycles. The number of likely N-dealkylation sites (tertiary alicyclic amines) is 1. The van der Waals surface area contributed by atoms with Crippen molar-refractivity contribution in [2.24, 2.45) is 10.9 Å². The number of nitrogens with one attached hydrogen (secondary N) is 2. The van der Waals surface area contributed by atoms with E-state index in [-0.39, 0.29) is 24.0 Å². The molecule has 1 aromatic carbocycles. The predicted molar refractivity (Wildman–Crippen MR) is 135 cm³/mol. The van der Waals surface area contributed by atoms with Crippen LogP contribution in [0.3, 0.4) is 0 Å². The largest absolute Gasteiger partial charge is 0.356 e. The first-order valence-electron chi connectivity index (χ1n) is 9.88. The maximum Gasteiger partial charge on any atom is 0.191 e. The molecule has 0 bridgehead atoms. The summed E-state index contributed by atoms with van der Waals surface area (Å²) in [4.78, 5) is 12.7. The highest BCUT2D eigenvalue weighted by atomic mass is 127. The van der Waals surface area contributed by atoms with Crippen molar-refractivity contribution in [2.75, 3.05) is 26.7 Å². The minimum absolute atomic E-state index is 0. The highest BCUT2D eigenvalue weighted by molar-refractivity contribution is 14.0. The molecule has 1 fully saturated rings. The lowest BCUT2D eigenvalue weighted by Gasteiger charge is -2.32. The third-order valence-electron chi connectivity index (χ3n) is 5.32. The molecule has 29 heavy (non-hydrogen) atoms. The van der Waals surface area contributed by atoms with Gasteiger partial charge in [-0.3, -0.25) is 9.89 Å². The van der Waals surface area contributed by atoms with Gasteiger partial charge in [0.2, 0.25) is 0 Å². The van der Waals surface area contributed by atoms with Crippen LogP contribution >= 0.6 is 46.9 Å². The molecule has 2 aromatic rings. The number of piperidine rings is 1. The van der Waals surface area contributed by atoms with Crippen LogP contribution < -0.4 is 10.6 Å². The van der Waals surface area contributed by atoms with E-state index < -0.39 is 0 Å². The molecule has 5 nitrogen and oxygen atoms in total. The Kier molecular flexibility index (Phi) is 10.1. The van der Waals surface area contributed by atoms with E-state index in [9.17, 15) is 0 Å². The summed E-state index contributed by atoms with van der Waals surface area (Å²) >= 11 is 8.04. The molecule has 0 atom stereocenters. The van der Waals surface area contributed by atoms with Crippen molar-refractivity contribution in [2.45, 2.75) is 39.8 Å². The van der Waals surface area contributed by atoms with Gasteiger partial charge in [0.1, 0.15) is 5.01 Å². The molecule has 0 radical (unpaired) electrons. The van der Waals surface area contributed by atoms with E-state index in [0.717, 1.165) is 54.4 Å². The molecule has 1 aromatic heterocycles. The lowest BCUT2D eigenvalue weighted by atomic mass is 9.96. The maximum atomic E-state index is 6.30. The summed E-state index contributed by atoms with van der Waals surface area (Å²) in [5.41, 5.74) is 2.34. The van der Waals surface area contributed by atoms with Gasteiger partial charge in [-0.1, -0.05) is 29.8 Å². The monoisotopic (exact) mass is 547 g/mol. The van der Waals surface area contributed by atoms with E-state index in [4.69, 9.17) is 11.6 Å². The Labute approximate surface area is 200 Å². The Bertz CT molecular complexity index is 783. The molecule has 1 aliphatic rings. The minimum Gasteiger partial charge on any atom is -0.356 e. The lowest BCUT2D eigenvalue weighted by Crippen LogP contribution is -2.42. The highest BCUT2D eigenvalue weighted by Gasteiger charge is 2.20. The highest BCUT2D eigenvalue weighted by Crippen LogP contribution is 2.22. The average Bonchev–Trinajstić information content (AvgIpc) is 3.02. The topological polar surface area (TPSA) is 52.6 Å². The first-order chi connectivity index (χ1) is 13.5. The van der Waals surface area contributed by atoms with Gasteiger partial charge in [0.25, 0.3) is 0 Å². The Balaban J connectivity index is 0.00000300. The van der Waals surface area contributed by atoms with Gasteiger partial charge in [0.05, 0.1) is 12.2 Å². The van der Waals surface area contributed by atoms with Crippen molar-refractivity contribution in [1.29, 1.82) is 0 Å². The molecule has 3 rings (SSSR count). The van der Waals surface area contributed by atoms with E-state index in [1.165, 1.54) is 23.3 Å². The Morgan fingerprint density at radius 2 is 1.97 bits per heavy atom. The number of benzene rings is 1. The van der Waals surface area contributed by atoms with E-state index >= 15 is 0 Å². The summed E-state index contributed by atoms with van der Waals surface area (Å²) < 4.78 is 0. The second-order valence-electron chi connectivity index (χ2n) is 7.37. The average molecular weight is 548 g/mol. The number of aliphatic imine (C=N–C) groups is 1. The summed E-state index contributed by atoms with van der Waals surface area (Å²) in [6.45, 7) is 9.01. The summed E-state index contributed by atoms with van der Waals surface area (Å²) in [5, 5.41) is 8.83. The first-order valence-corrected chi connectivity index (χ1v) is 11.1. The van der Waals surface area contributed by atoms with Gasteiger partial charge >= 0.3 is 0 Å². The van der Waals surface area contributed by atoms with Crippen LogP contribution in [0.25, 0.3) is 0 Å². The van der Waals surface area contributed by atoms with Gasteiger partial charge in [0.15, 0.2) is 5.96 Å². The quantitative estimate of drug-likeness (QED) is 0.315. The molecule has 2 N–H and O–H groups in total. The summed E-state index contributed by atoms with van der Waals surface area (Å²) in [5.74, 6) is 1.52. The van der Waals surface area contributed by atoms with Gasteiger partial charge in [-0.25, -0.2) is 4.98 Å². The van der Waals surface area contributed by atoms with Gasteiger partial charge < -0.3 is 10.6 Å². The molecule has 0 aliphatic carbocycles. The third kappa shape index (κ3) is 7.38. The number of rotatable bonds is 6. The van der Waals surface area contributed by atoms with Gasteiger partial charge in [-0.05, 0) is 57.3 Å². The SMILES string of the molecule is CN=C(NCc1nc(C)c(C)s1)NCC1CCN(Cc2ccccc2Cl)CC1.I. The number of hydrogen-bond donors (Lipinski definition) is 2. The van der Waals surface area contributed by atoms with E-state index in [2.05, 4.69) is 51.5 Å². The van der Waals surface area contributed by atoms with Crippen LogP contribution in [-0.2, 0) is 13.1 Å². The number of thiazole rings is 1. The number of guanidine groups is 1. The van der Waals surface area contributed by atoms with Crippen LogP contribution in [0.4, 0.5) is 0 Å². The Morgan fingerprint density at radius 3 is 2.59 bits per heavy atom. The second-order valence-corrected chi connectivity index (χ2v) is 9.06. The lowest BCUT2D eigenvalue weighted by molar-refractivity contribution is 0.178. The fourth-order valence-electron chi connectivity index (χ4n) is 3.45. The zero-order chi connectivity index (χ0) is 19.9. The standard InChI is InChI=1S/C21H30ClN5S.HI/c1-15-16(2)28-20(26-15)13-25-21(23-3)24-12-17-8-10-27(11-9-17)14-18-6-4-5-7-19(18)22;/h4-7,17H,8-14H2,1-3H3,(H2,23,24,25);1H. The number of aryl methyl sites for hydroxylation is 2. The molecule has 1 saturated heterocycles. The van der Waals surface area contributed by atoms with Crippen LogP contribution in [0, 0.1) is 19.8 Å². The number of hydrogen-bond acceptors (Lipinski definition) is 4. The zero-order valence-electron chi connectivity index (χ0n) is 17.4. The number of nitrogens with zero attached hydrogens (tertiary/aromatic N) is 3. The smallest absolute Gasteiger partial charge is 0.191 e. The van der Waals surface area contributed by atoms with E-state index in [1.807, 2.05) is 19.2 Å². The first kappa shape index (κ1) is 24.4. The Morgan fingerprint density at radius 1 is 1.24 bits per heavy atom. The fraction of sp³-hybridized carbons (Fsp3) is 0.524.